The zero-order valence-electron chi connectivity index (χ0n) is 14.8. The van der Waals surface area contributed by atoms with E-state index < -0.39 is 18.1 Å². The summed E-state index contributed by atoms with van der Waals surface area (Å²) in [6, 6.07) is 0.321. The monoisotopic (exact) mass is 384 g/mol. The molecule has 0 aromatic carbocycles. The van der Waals surface area contributed by atoms with Gasteiger partial charge in [-0.3, -0.25) is 14.6 Å². The first kappa shape index (κ1) is 20.3. The average molecular weight is 384 g/mol. The summed E-state index contributed by atoms with van der Waals surface area (Å²) in [5.41, 5.74) is -0.525. The quantitative estimate of drug-likeness (QED) is 0.782. The molecule has 8 nitrogen and oxygen atoms in total. The van der Waals surface area contributed by atoms with Crippen molar-refractivity contribution in [2.75, 3.05) is 13.1 Å². The van der Waals surface area contributed by atoms with Crippen molar-refractivity contribution in [3.63, 3.8) is 0 Å². The van der Waals surface area contributed by atoms with Crippen LogP contribution in [0.2, 0.25) is 0 Å². The molecule has 2 amide bonds. The zero-order valence-corrected chi connectivity index (χ0v) is 14.8. The third-order valence-electron chi connectivity index (χ3n) is 3.81. The van der Waals surface area contributed by atoms with E-state index in [0.717, 1.165) is 17.1 Å². The van der Waals surface area contributed by atoms with Gasteiger partial charge < -0.3 is 10.2 Å². The zero-order chi connectivity index (χ0) is 20.0. The van der Waals surface area contributed by atoms with Crippen LogP contribution in [0.1, 0.15) is 35.9 Å². The van der Waals surface area contributed by atoms with Crippen LogP contribution in [0.15, 0.2) is 30.7 Å². The molecule has 0 saturated heterocycles. The van der Waals surface area contributed by atoms with E-state index in [1.54, 1.807) is 4.90 Å². The molecule has 146 valence electrons. The molecule has 1 atom stereocenters. The maximum Gasteiger partial charge on any atom is 0.412 e. The number of alkyl halides is 3. The van der Waals surface area contributed by atoms with Gasteiger partial charge in [-0.2, -0.15) is 13.2 Å². The van der Waals surface area contributed by atoms with Gasteiger partial charge in [-0.25, -0.2) is 4.68 Å². The Bertz CT molecular complexity index is 774. The molecule has 0 radical (unpaired) electrons. The third kappa shape index (κ3) is 5.25. The molecule has 2 rings (SSSR count). The van der Waals surface area contributed by atoms with E-state index in [4.69, 9.17) is 0 Å². The fourth-order valence-corrected chi connectivity index (χ4v) is 2.40. The highest BCUT2D eigenvalue weighted by Gasteiger charge is 2.42. The summed E-state index contributed by atoms with van der Waals surface area (Å²) in [7, 11) is 0. The van der Waals surface area contributed by atoms with Crippen LogP contribution >= 0.6 is 0 Å². The van der Waals surface area contributed by atoms with Crippen LogP contribution < -0.4 is 5.32 Å². The largest absolute Gasteiger partial charge is 0.412 e. The van der Waals surface area contributed by atoms with E-state index in [1.807, 2.05) is 19.2 Å². The van der Waals surface area contributed by atoms with E-state index in [9.17, 15) is 22.8 Å². The van der Waals surface area contributed by atoms with Crippen molar-refractivity contribution in [2.45, 2.75) is 32.6 Å². The van der Waals surface area contributed by atoms with Crippen molar-refractivity contribution in [3.8, 4) is 0 Å². The van der Waals surface area contributed by atoms with Crippen LogP contribution in [0.3, 0.4) is 0 Å². The number of carbonyl (C=O) groups excluding carboxylic acids is 2. The van der Waals surface area contributed by atoms with Gasteiger partial charge in [-0.05, 0) is 19.9 Å². The number of hydrogen-bond acceptors (Lipinski definition) is 5. The van der Waals surface area contributed by atoms with E-state index in [-0.39, 0.29) is 23.7 Å². The molecule has 0 unspecified atom stereocenters. The molecule has 11 heteroatoms. The molecule has 0 aliphatic heterocycles. The van der Waals surface area contributed by atoms with Crippen molar-refractivity contribution < 1.29 is 22.8 Å². The van der Waals surface area contributed by atoms with Gasteiger partial charge in [0.05, 0.1) is 6.20 Å². The molecule has 1 N–H and O–H groups in total. The summed E-state index contributed by atoms with van der Waals surface area (Å²) in [5.74, 6) is -1.29. The van der Waals surface area contributed by atoms with Crippen molar-refractivity contribution in [2.24, 2.45) is 0 Å². The smallest absolute Gasteiger partial charge is 0.342 e. The number of aromatic nitrogens is 4. The Labute approximate surface area is 153 Å². The summed E-state index contributed by atoms with van der Waals surface area (Å²) >= 11 is 0. The van der Waals surface area contributed by atoms with Crippen molar-refractivity contribution in [1.82, 2.24) is 30.2 Å². The maximum atomic E-state index is 13.3. The van der Waals surface area contributed by atoms with Crippen LogP contribution in [-0.4, -0.2) is 56.0 Å². The number of pyridine rings is 1. The summed E-state index contributed by atoms with van der Waals surface area (Å²) in [6.45, 7) is 4.49. The number of nitrogens with one attached hydrogen (secondary N) is 1. The molecule has 0 aliphatic carbocycles. The first-order chi connectivity index (χ1) is 12.8. The Morgan fingerprint density at radius 1 is 1.30 bits per heavy atom. The van der Waals surface area contributed by atoms with Crippen LogP contribution in [0, 0.1) is 0 Å². The van der Waals surface area contributed by atoms with Crippen molar-refractivity contribution >= 4 is 11.8 Å². The second kappa shape index (κ2) is 8.60. The number of likely N-dealkylation sites (N-methyl/N-ethyl adjacent to an activating group) is 1. The predicted molar refractivity (Wildman–Crippen MR) is 88.4 cm³/mol. The summed E-state index contributed by atoms with van der Waals surface area (Å²) in [5, 5.41) is 9.08. The van der Waals surface area contributed by atoms with Gasteiger partial charge in [-0.15, -0.1) is 5.10 Å². The third-order valence-corrected chi connectivity index (χ3v) is 3.81. The van der Waals surface area contributed by atoms with Gasteiger partial charge in [0.25, 0.3) is 5.91 Å². The van der Waals surface area contributed by atoms with Gasteiger partial charge >= 0.3 is 6.18 Å². The summed E-state index contributed by atoms with van der Waals surface area (Å²) < 4.78 is 41.0. The van der Waals surface area contributed by atoms with Crippen molar-refractivity contribution in [1.29, 1.82) is 0 Å². The maximum absolute atomic E-state index is 13.3. The lowest BCUT2D eigenvalue weighted by Crippen LogP contribution is -2.38. The number of hydrogen-bond donors (Lipinski definition) is 1. The van der Waals surface area contributed by atoms with Crippen LogP contribution in [0.4, 0.5) is 13.2 Å². The number of carbonyl (C=O) groups is 2. The lowest BCUT2D eigenvalue weighted by molar-refractivity contribution is -0.155. The molecule has 0 spiro atoms. The average Bonchev–Trinajstić information content (AvgIpc) is 3.09. The topological polar surface area (TPSA) is 93.0 Å². The van der Waals surface area contributed by atoms with Gasteiger partial charge in [0.2, 0.25) is 5.91 Å². The lowest BCUT2D eigenvalue weighted by Gasteiger charge is -2.21. The van der Waals surface area contributed by atoms with Gasteiger partial charge in [0.15, 0.2) is 11.7 Å². The fourth-order valence-electron chi connectivity index (χ4n) is 2.40. The van der Waals surface area contributed by atoms with E-state index in [2.05, 4.69) is 15.3 Å². The predicted octanol–water partition coefficient (Wildman–Crippen LogP) is 1.57. The minimum Gasteiger partial charge on any atom is -0.342 e. The molecule has 2 heterocycles. The molecule has 0 aliphatic rings. The highest BCUT2D eigenvalue weighted by Crippen LogP contribution is 2.32. The van der Waals surface area contributed by atoms with Crippen LogP contribution in [0.25, 0.3) is 0 Å². The number of nitrogens with zero attached hydrogens (tertiary/aromatic N) is 5. The van der Waals surface area contributed by atoms with Gasteiger partial charge in [0, 0.05) is 31.0 Å². The lowest BCUT2D eigenvalue weighted by atomic mass is 10.1. The Balaban J connectivity index is 2.11. The van der Waals surface area contributed by atoms with E-state index in [1.165, 1.54) is 18.3 Å². The Morgan fingerprint density at radius 3 is 2.56 bits per heavy atom. The minimum absolute atomic E-state index is 0.159. The van der Waals surface area contributed by atoms with Gasteiger partial charge in [0.1, 0.15) is 6.54 Å². The van der Waals surface area contributed by atoms with E-state index >= 15 is 0 Å². The molecule has 0 saturated carbocycles. The molecule has 27 heavy (non-hydrogen) atoms. The summed E-state index contributed by atoms with van der Waals surface area (Å²) in [6.07, 6.45) is -1.23. The normalized spacial score (nSPS) is 12.5. The van der Waals surface area contributed by atoms with Crippen LogP contribution in [-0.2, 0) is 11.3 Å². The second-order valence-electron chi connectivity index (χ2n) is 5.60. The minimum atomic E-state index is -4.71. The molecule has 0 fully saturated rings. The van der Waals surface area contributed by atoms with E-state index in [0.29, 0.717) is 13.1 Å². The Kier molecular flexibility index (Phi) is 6.48. The first-order valence-electron chi connectivity index (χ1n) is 8.21. The van der Waals surface area contributed by atoms with Crippen LogP contribution in [0.5, 0.6) is 0 Å². The molecule has 0 bridgehead atoms. The summed E-state index contributed by atoms with van der Waals surface area (Å²) in [4.78, 5) is 29.4. The van der Waals surface area contributed by atoms with Gasteiger partial charge in [-0.1, -0.05) is 11.3 Å². The molecule has 2 aromatic heterocycles. The molecule has 2 aromatic rings. The number of rotatable bonds is 7. The SMILES string of the molecule is CCN(CC)C(=O)Cn1cc(C(=O)N[C@@H](c2cccnc2)C(F)(F)F)nn1. The number of halogens is 3. The molecular weight excluding hydrogens is 365 g/mol. The highest BCUT2D eigenvalue weighted by molar-refractivity contribution is 5.92. The standard InChI is InChI=1S/C16H19F3N6O2/c1-3-24(4-2)13(26)10-25-9-12(22-23-25)15(27)21-14(16(17,18)19)11-6-5-7-20-8-11/h5-9,14H,3-4,10H2,1-2H3,(H,21,27)/t14-/m0/s1. The number of amides is 2. The Hall–Kier alpha value is -2.98. The second-order valence-corrected chi connectivity index (χ2v) is 5.60. The molecular formula is C16H19F3N6O2. The highest BCUT2D eigenvalue weighted by atomic mass is 19.4. The first-order valence-corrected chi connectivity index (χ1v) is 8.21. The Morgan fingerprint density at radius 2 is 2.00 bits per heavy atom. The fraction of sp³-hybridized carbons (Fsp3) is 0.438. The van der Waals surface area contributed by atoms with Crippen molar-refractivity contribution in [3.05, 3.63) is 42.0 Å².